The third-order valence-corrected chi connectivity index (χ3v) is 6.18. The predicted molar refractivity (Wildman–Crippen MR) is 101 cm³/mol. The first-order valence-corrected chi connectivity index (χ1v) is 9.94. The van der Waals surface area contributed by atoms with Crippen molar-refractivity contribution in [3.8, 4) is 0 Å². The lowest BCUT2D eigenvalue weighted by atomic mass is 9.81. The largest absolute Gasteiger partial charge is 0.338 e. The molecule has 1 aliphatic carbocycles. The molecule has 1 N–H and O–H groups in total. The van der Waals surface area contributed by atoms with Gasteiger partial charge in [0.05, 0.1) is 0 Å². The Hall–Kier alpha value is -2.37. The number of likely N-dealkylation sites (tertiary alicyclic amines) is 1. The van der Waals surface area contributed by atoms with Crippen LogP contribution in [0.2, 0.25) is 0 Å². The summed E-state index contributed by atoms with van der Waals surface area (Å²) >= 11 is 0. The van der Waals surface area contributed by atoms with Gasteiger partial charge in [-0.25, -0.2) is 4.79 Å². The number of carbonyl (C=O) groups excluding carboxylic acids is 3. The topological polar surface area (TPSA) is 69.7 Å². The highest BCUT2D eigenvalue weighted by Crippen LogP contribution is 2.34. The van der Waals surface area contributed by atoms with Gasteiger partial charge in [0.15, 0.2) is 0 Å². The molecule has 1 atom stereocenters. The highest BCUT2D eigenvalue weighted by Gasteiger charge is 2.52. The predicted octanol–water partition coefficient (Wildman–Crippen LogP) is 2.60. The van der Waals surface area contributed by atoms with Crippen molar-refractivity contribution >= 4 is 17.8 Å². The Labute approximate surface area is 159 Å². The SMILES string of the molecule is Cc1ccc(CN2CC(CN3C(=O)NC4(CCCCC4)C3=O)CC2=O)cc1. The molecule has 3 fully saturated rings. The number of rotatable bonds is 4. The van der Waals surface area contributed by atoms with E-state index in [9.17, 15) is 14.4 Å². The zero-order chi connectivity index (χ0) is 19.0. The number of amides is 4. The molecule has 2 aliphatic heterocycles. The quantitative estimate of drug-likeness (QED) is 0.830. The number of imide groups is 1. The van der Waals surface area contributed by atoms with E-state index in [2.05, 4.69) is 5.32 Å². The van der Waals surface area contributed by atoms with Crippen molar-refractivity contribution < 1.29 is 14.4 Å². The van der Waals surface area contributed by atoms with Crippen LogP contribution < -0.4 is 5.32 Å². The minimum absolute atomic E-state index is 0.0105. The van der Waals surface area contributed by atoms with Gasteiger partial charge in [0.2, 0.25) is 5.91 Å². The van der Waals surface area contributed by atoms with Crippen LogP contribution in [-0.2, 0) is 16.1 Å². The van der Waals surface area contributed by atoms with E-state index in [0.717, 1.165) is 37.7 Å². The second-order valence-corrected chi connectivity index (χ2v) is 8.32. The molecule has 0 bridgehead atoms. The lowest BCUT2D eigenvalue weighted by Gasteiger charge is -2.30. The van der Waals surface area contributed by atoms with Gasteiger partial charge in [-0.2, -0.15) is 0 Å². The van der Waals surface area contributed by atoms with Crippen molar-refractivity contribution in [1.82, 2.24) is 15.1 Å². The molecule has 4 rings (SSSR count). The molecule has 1 unspecified atom stereocenters. The Balaban J connectivity index is 1.38. The minimum Gasteiger partial charge on any atom is -0.338 e. The smallest absolute Gasteiger partial charge is 0.325 e. The van der Waals surface area contributed by atoms with E-state index in [-0.39, 0.29) is 23.8 Å². The third-order valence-electron chi connectivity index (χ3n) is 6.18. The molecule has 3 aliphatic rings. The summed E-state index contributed by atoms with van der Waals surface area (Å²) in [4.78, 5) is 40.9. The first-order valence-electron chi connectivity index (χ1n) is 9.94. The summed E-state index contributed by atoms with van der Waals surface area (Å²) in [5, 5.41) is 2.95. The Morgan fingerprint density at radius 1 is 1.07 bits per heavy atom. The fourth-order valence-corrected chi connectivity index (χ4v) is 4.64. The summed E-state index contributed by atoms with van der Waals surface area (Å²) in [6.07, 6.45) is 4.94. The molecular weight excluding hydrogens is 342 g/mol. The fraction of sp³-hybridized carbons (Fsp3) is 0.571. The van der Waals surface area contributed by atoms with Gasteiger partial charge in [-0.1, -0.05) is 49.1 Å². The van der Waals surface area contributed by atoms with Crippen molar-refractivity contribution in [2.24, 2.45) is 5.92 Å². The third kappa shape index (κ3) is 3.45. The zero-order valence-electron chi connectivity index (χ0n) is 15.9. The van der Waals surface area contributed by atoms with E-state index in [0.29, 0.717) is 26.1 Å². The van der Waals surface area contributed by atoms with Gasteiger partial charge in [0.1, 0.15) is 5.54 Å². The Morgan fingerprint density at radius 3 is 2.48 bits per heavy atom. The molecule has 1 aromatic rings. The maximum Gasteiger partial charge on any atom is 0.325 e. The van der Waals surface area contributed by atoms with Crippen LogP contribution in [-0.4, -0.2) is 46.3 Å². The number of aryl methyl sites for hydroxylation is 1. The van der Waals surface area contributed by atoms with Gasteiger partial charge in [-0.15, -0.1) is 0 Å². The molecular formula is C21H27N3O3. The maximum absolute atomic E-state index is 12.9. The van der Waals surface area contributed by atoms with Crippen molar-refractivity contribution in [1.29, 1.82) is 0 Å². The van der Waals surface area contributed by atoms with Crippen LogP contribution in [0.3, 0.4) is 0 Å². The summed E-state index contributed by atoms with van der Waals surface area (Å²) < 4.78 is 0. The molecule has 0 aromatic heterocycles. The maximum atomic E-state index is 12.9. The Bertz CT molecular complexity index is 752. The summed E-state index contributed by atoms with van der Waals surface area (Å²) in [6, 6.07) is 7.89. The number of benzene rings is 1. The number of nitrogens with one attached hydrogen (secondary N) is 1. The molecule has 1 aromatic carbocycles. The minimum atomic E-state index is -0.681. The molecule has 1 saturated carbocycles. The molecule has 2 saturated heterocycles. The molecule has 144 valence electrons. The van der Waals surface area contributed by atoms with Crippen LogP contribution >= 0.6 is 0 Å². The number of urea groups is 1. The zero-order valence-corrected chi connectivity index (χ0v) is 15.9. The number of carbonyl (C=O) groups is 3. The van der Waals surface area contributed by atoms with Crippen molar-refractivity contribution in [2.45, 2.75) is 57.5 Å². The van der Waals surface area contributed by atoms with Gasteiger partial charge in [0.25, 0.3) is 5.91 Å². The highest BCUT2D eigenvalue weighted by atomic mass is 16.2. The average Bonchev–Trinajstić information content (AvgIpc) is 3.10. The summed E-state index contributed by atoms with van der Waals surface area (Å²) in [7, 11) is 0. The number of hydrogen-bond donors (Lipinski definition) is 1. The number of nitrogens with zero attached hydrogens (tertiary/aromatic N) is 2. The summed E-state index contributed by atoms with van der Waals surface area (Å²) in [5.74, 6) is 0.0213. The molecule has 4 amide bonds. The molecule has 6 heteroatoms. The van der Waals surface area contributed by atoms with Gasteiger partial charge in [-0.05, 0) is 25.3 Å². The van der Waals surface area contributed by atoms with Crippen molar-refractivity contribution in [2.75, 3.05) is 13.1 Å². The lowest BCUT2D eigenvalue weighted by Crippen LogP contribution is -2.48. The van der Waals surface area contributed by atoms with E-state index in [1.54, 1.807) is 0 Å². The van der Waals surface area contributed by atoms with Gasteiger partial charge in [-0.3, -0.25) is 14.5 Å². The van der Waals surface area contributed by atoms with Crippen molar-refractivity contribution in [3.05, 3.63) is 35.4 Å². The average molecular weight is 369 g/mol. The second kappa shape index (κ2) is 6.98. The van der Waals surface area contributed by atoms with Crippen molar-refractivity contribution in [3.63, 3.8) is 0 Å². The number of hydrogen-bond acceptors (Lipinski definition) is 3. The van der Waals surface area contributed by atoms with Crippen LogP contribution in [0.4, 0.5) is 4.79 Å². The second-order valence-electron chi connectivity index (χ2n) is 8.32. The van der Waals surface area contributed by atoms with Crippen LogP contribution in [0.15, 0.2) is 24.3 Å². The highest BCUT2D eigenvalue weighted by molar-refractivity contribution is 6.07. The van der Waals surface area contributed by atoms with Gasteiger partial charge in [0, 0.05) is 32.0 Å². The molecule has 6 nitrogen and oxygen atoms in total. The van der Waals surface area contributed by atoms with Gasteiger partial charge < -0.3 is 10.2 Å². The normalized spacial score (nSPS) is 24.8. The van der Waals surface area contributed by atoms with E-state index < -0.39 is 5.54 Å². The Kier molecular flexibility index (Phi) is 4.66. The first-order chi connectivity index (χ1) is 13.0. The summed E-state index contributed by atoms with van der Waals surface area (Å²) in [5.41, 5.74) is 1.62. The van der Waals surface area contributed by atoms with Crippen LogP contribution in [0.5, 0.6) is 0 Å². The lowest BCUT2D eigenvalue weighted by molar-refractivity contribution is -0.133. The molecule has 27 heavy (non-hydrogen) atoms. The summed E-state index contributed by atoms with van der Waals surface area (Å²) in [6.45, 7) is 3.55. The standard InChI is InChI=1S/C21H27N3O3/c1-15-5-7-16(8-6-15)12-23-13-17(11-18(23)25)14-24-19(26)21(22-20(24)27)9-3-2-4-10-21/h5-8,17H,2-4,9-14H2,1H3,(H,22,27). The molecule has 2 heterocycles. The van der Waals surface area contributed by atoms with E-state index in [1.807, 2.05) is 36.1 Å². The van der Waals surface area contributed by atoms with Crippen LogP contribution in [0, 0.1) is 12.8 Å². The Morgan fingerprint density at radius 2 is 1.78 bits per heavy atom. The molecule has 0 radical (unpaired) electrons. The monoisotopic (exact) mass is 369 g/mol. The van der Waals surface area contributed by atoms with E-state index in [1.165, 1.54) is 10.5 Å². The van der Waals surface area contributed by atoms with E-state index in [4.69, 9.17) is 0 Å². The van der Waals surface area contributed by atoms with Crippen LogP contribution in [0.25, 0.3) is 0 Å². The van der Waals surface area contributed by atoms with Gasteiger partial charge >= 0.3 is 6.03 Å². The first kappa shape index (κ1) is 18.0. The van der Waals surface area contributed by atoms with Crippen LogP contribution in [0.1, 0.15) is 49.7 Å². The van der Waals surface area contributed by atoms with E-state index >= 15 is 0 Å². The fourth-order valence-electron chi connectivity index (χ4n) is 4.64. The molecule has 1 spiro atoms.